The van der Waals surface area contributed by atoms with Crippen LogP contribution in [0.4, 0.5) is 4.39 Å². The van der Waals surface area contributed by atoms with Crippen molar-refractivity contribution in [3.63, 3.8) is 0 Å². The molecule has 0 atom stereocenters. The van der Waals surface area contributed by atoms with Crippen LogP contribution < -0.4 is 5.32 Å². The Balaban J connectivity index is 2.02. The molecule has 0 heterocycles. The van der Waals surface area contributed by atoms with E-state index in [-0.39, 0.29) is 11.4 Å². The molecule has 0 unspecified atom stereocenters. The molecule has 0 amide bonds. The van der Waals surface area contributed by atoms with Crippen molar-refractivity contribution in [3.8, 4) is 0 Å². The van der Waals surface area contributed by atoms with Crippen LogP contribution in [-0.4, -0.2) is 18.2 Å². The van der Waals surface area contributed by atoms with Gasteiger partial charge >= 0.3 is 0 Å². The van der Waals surface area contributed by atoms with Gasteiger partial charge in [-0.2, -0.15) is 0 Å². The highest BCUT2D eigenvalue weighted by Crippen LogP contribution is 2.31. The van der Waals surface area contributed by atoms with Gasteiger partial charge in [0.15, 0.2) is 0 Å². The Morgan fingerprint density at radius 1 is 1.14 bits per heavy atom. The Kier molecular flexibility index (Phi) is 6.19. The second kappa shape index (κ2) is 7.90. The molecule has 1 fully saturated rings. The highest BCUT2D eigenvalue weighted by atomic mass is 19.1. The fourth-order valence-corrected chi connectivity index (χ4v) is 2.98. The quantitative estimate of drug-likeness (QED) is 0.783. The third-order valence-corrected chi connectivity index (χ3v) is 4.34. The van der Waals surface area contributed by atoms with Crippen LogP contribution in [0.15, 0.2) is 24.3 Å². The summed E-state index contributed by atoms with van der Waals surface area (Å²) in [5.41, 5.74) is 0.522. The Labute approximate surface area is 128 Å². The minimum atomic E-state index is -0.168. The second-order valence-corrected chi connectivity index (χ2v) is 6.51. The highest BCUT2D eigenvalue weighted by Gasteiger charge is 2.32. The van der Waals surface area contributed by atoms with Gasteiger partial charge < -0.3 is 10.1 Å². The van der Waals surface area contributed by atoms with Gasteiger partial charge in [0.05, 0.1) is 12.2 Å². The van der Waals surface area contributed by atoms with Gasteiger partial charge in [0, 0.05) is 18.2 Å². The molecule has 1 aromatic carbocycles. The minimum absolute atomic E-state index is 0.136. The lowest BCUT2D eigenvalue weighted by Crippen LogP contribution is -2.44. The van der Waals surface area contributed by atoms with Crippen LogP contribution in [0.2, 0.25) is 0 Å². The number of halogens is 1. The van der Waals surface area contributed by atoms with E-state index in [0.29, 0.717) is 18.2 Å². The molecule has 0 aromatic heterocycles. The zero-order valence-electron chi connectivity index (χ0n) is 13.3. The molecule has 2 nitrogen and oxygen atoms in total. The van der Waals surface area contributed by atoms with Crippen molar-refractivity contribution in [1.29, 1.82) is 0 Å². The number of rotatable bonds is 6. The first-order valence-corrected chi connectivity index (χ1v) is 8.22. The Morgan fingerprint density at radius 3 is 2.43 bits per heavy atom. The minimum Gasteiger partial charge on any atom is -0.369 e. The normalized spacial score (nSPS) is 18.7. The Hall–Kier alpha value is -0.930. The summed E-state index contributed by atoms with van der Waals surface area (Å²) in [6, 6.07) is 7.36. The van der Waals surface area contributed by atoms with Gasteiger partial charge in [0.1, 0.15) is 5.82 Å². The topological polar surface area (TPSA) is 21.3 Å². The smallest absolute Gasteiger partial charge is 0.128 e. The lowest BCUT2D eigenvalue weighted by Gasteiger charge is -2.34. The lowest BCUT2D eigenvalue weighted by atomic mass is 9.93. The first kappa shape index (κ1) is 16.4. The van der Waals surface area contributed by atoms with E-state index in [1.165, 1.54) is 31.7 Å². The first-order chi connectivity index (χ1) is 10.1. The summed E-state index contributed by atoms with van der Waals surface area (Å²) >= 11 is 0. The summed E-state index contributed by atoms with van der Waals surface area (Å²) in [6.45, 7) is 5.54. The molecule has 0 bridgehead atoms. The van der Waals surface area contributed by atoms with Crippen molar-refractivity contribution in [2.75, 3.05) is 6.54 Å². The molecule has 21 heavy (non-hydrogen) atoms. The van der Waals surface area contributed by atoms with Crippen LogP contribution >= 0.6 is 0 Å². The largest absolute Gasteiger partial charge is 0.369 e. The zero-order valence-corrected chi connectivity index (χ0v) is 13.3. The van der Waals surface area contributed by atoms with E-state index in [1.807, 2.05) is 12.1 Å². The zero-order chi connectivity index (χ0) is 15.1. The van der Waals surface area contributed by atoms with Gasteiger partial charge in [-0.05, 0) is 18.9 Å². The lowest BCUT2D eigenvalue weighted by molar-refractivity contribution is -0.0673. The van der Waals surface area contributed by atoms with Crippen molar-refractivity contribution in [2.45, 2.75) is 70.6 Å². The van der Waals surface area contributed by atoms with E-state index in [1.54, 1.807) is 6.07 Å². The monoisotopic (exact) mass is 293 g/mol. The van der Waals surface area contributed by atoms with Crippen molar-refractivity contribution in [3.05, 3.63) is 35.6 Å². The van der Waals surface area contributed by atoms with Gasteiger partial charge in [-0.3, -0.25) is 0 Å². The number of hydrogen-bond donors (Lipinski definition) is 1. The first-order valence-electron chi connectivity index (χ1n) is 8.22. The Morgan fingerprint density at radius 2 is 1.81 bits per heavy atom. The molecule has 1 aromatic rings. The molecule has 1 N–H and O–H groups in total. The molecule has 118 valence electrons. The van der Waals surface area contributed by atoms with E-state index in [0.717, 1.165) is 19.4 Å². The van der Waals surface area contributed by atoms with Gasteiger partial charge in [-0.25, -0.2) is 4.39 Å². The summed E-state index contributed by atoms with van der Waals surface area (Å²) < 4.78 is 20.0. The van der Waals surface area contributed by atoms with Crippen molar-refractivity contribution >= 4 is 0 Å². The molecular formula is C18H28FNO. The molecule has 0 radical (unpaired) electrons. The third kappa shape index (κ3) is 5.08. The maximum absolute atomic E-state index is 13.8. The maximum Gasteiger partial charge on any atom is 0.128 e. The average Bonchev–Trinajstić information content (AvgIpc) is 2.71. The van der Waals surface area contributed by atoms with Crippen molar-refractivity contribution in [2.24, 2.45) is 0 Å². The summed E-state index contributed by atoms with van der Waals surface area (Å²) in [7, 11) is 0. The molecule has 0 spiro atoms. The van der Waals surface area contributed by atoms with Crippen LogP contribution in [-0.2, 0) is 11.3 Å². The SMILES string of the molecule is CC(C)NCC1(OCc2ccccc2F)CCCCCC1. The van der Waals surface area contributed by atoms with Gasteiger partial charge in [0.25, 0.3) is 0 Å². The van der Waals surface area contributed by atoms with Gasteiger partial charge in [0.2, 0.25) is 0 Å². The van der Waals surface area contributed by atoms with Crippen LogP contribution in [0.25, 0.3) is 0 Å². The van der Waals surface area contributed by atoms with E-state index >= 15 is 0 Å². The Bertz CT molecular complexity index is 425. The predicted molar refractivity (Wildman–Crippen MR) is 84.8 cm³/mol. The molecule has 0 aliphatic heterocycles. The summed E-state index contributed by atoms with van der Waals surface area (Å²) in [5, 5.41) is 3.52. The molecule has 3 heteroatoms. The van der Waals surface area contributed by atoms with Crippen molar-refractivity contribution < 1.29 is 9.13 Å². The number of ether oxygens (including phenoxy) is 1. The average molecular weight is 293 g/mol. The van der Waals surface area contributed by atoms with E-state index < -0.39 is 0 Å². The van der Waals surface area contributed by atoms with E-state index in [9.17, 15) is 4.39 Å². The van der Waals surface area contributed by atoms with Crippen LogP contribution in [0, 0.1) is 5.82 Å². The van der Waals surface area contributed by atoms with Crippen LogP contribution in [0.1, 0.15) is 57.9 Å². The molecule has 1 saturated carbocycles. The molecule has 0 saturated heterocycles. The second-order valence-electron chi connectivity index (χ2n) is 6.51. The fraction of sp³-hybridized carbons (Fsp3) is 0.667. The summed E-state index contributed by atoms with van der Waals surface area (Å²) in [6.07, 6.45) is 7.12. The highest BCUT2D eigenvalue weighted by molar-refractivity contribution is 5.16. The van der Waals surface area contributed by atoms with Gasteiger partial charge in [-0.1, -0.05) is 57.7 Å². The van der Waals surface area contributed by atoms with Gasteiger partial charge in [-0.15, -0.1) is 0 Å². The number of hydrogen-bond acceptors (Lipinski definition) is 2. The predicted octanol–water partition coefficient (Wildman–Crippen LogP) is 4.43. The number of benzene rings is 1. The standard InChI is InChI=1S/C18H28FNO/c1-15(2)20-14-18(11-7-3-4-8-12-18)21-13-16-9-5-6-10-17(16)19/h5-6,9-10,15,20H,3-4,7-8,11-14H2,1-2H3. The molecule has 1 aliphatic carbocycles. The summed E-state index contributed by atoms with van der Waals surface area (Å²) in [4.78, 5) is 0. The summed E-state index contributed by atoms with van der Waals surface area (Å²) in [5.74, 6) is -0.168. The molecular weight excluding hydrogens is 265 g/mol. The fourth-order valence-electron chi connectivity index (χ4n) is 2.98. The van der Waals surface area contributed by atoms with Crippen LogP contribution in [0.5, 0.6) is 0 Å². The molecule has 2 rings (SSSR count). The van der Waals surface area contributed by atoms with E-state index in [4.69, 9.17) is 4.74 Å². The van der Waals surface area contributed by atoms with Crippen LogP contribution in [0.3, 0.4) is 0 Å². The van der Waals surface area contributed by atoms with E-state index in [2.05, 4.69) is 19.2 Å². The number of nitrogens with one attached hydrogen (secondary N) is 1. The maximum atomic E-state index is 13.8. The molecule has 1 aliphatic rings. The third-order valence-electron chi connectivity index (χ3n) is 4.34. The van der Waals surface area contributed by atoms with Crippen molar-refractivity contribution in [1.82, 2.24) is 5.32 Å².